The standard InChI is InChI=1S/C23H18FN3O2S/c1-12(13-4-3-5-15(10-13)29-2)26-23-27-20-16-7-6-14(24)11-18(16)19-17(21(20)30-23)8-9-25-22(19)28/h3-12H,1-2H3,(H,25,28)(H,26,27)/t12-/m1/s1. The average molecular weight is 419 g/mol. The van der Waals surface area contributed by atoms with E-state index in [1.807, 2.05) is 30.3 Å². The number of thiazole rings is 1. The maximum Gasteiger partial charge on any atom is 0.256 e. The number of hydrogen-bond acceptors (Lipinski definition) is 5. The summed E-state index contributed by atoms with van der Waals surface area (Å²) < 4.78 is 20.2. The van der Waals surface area contributed by atoms with Crippen LogP contribution in [0.2, 0.25) is 0 Å². The predicted octanol–water partition coefficient (Wildman–Crippen LogP) is 5.61. The Hall–Kier alpha value is -3.45. The van der Waals surface area contributed by atoms with Gasteiger partial charge < -0.3 is 15.0 Å². The van der Waals surface area contributed by atoms with Crippen molar-refractivity contribution in [3.05, 3.63) is 76.5 Å². The van der Waals surface area contributed by atoms with Gasteiger partial charge in [0.2, 0.25) is 0 Å². The Morgan fingerprint density at radius 3 is 2.83 bits per heavy atom. The number of aromatic amines is 1. The van der Waals surface area contributed by atoms with Crippen molar-refractivity contribution in [3.8, 4) is 5.75 Å². The first-order valence-electron chi connectivity index (χ1n) is 9.49. The lowest BCUT2D eigenvalue weighted by molar-refractivity contribution is 0.414. The van der Waals surface area contributed by atoms with Gasteiger partial charge in [0.1, 0.15) is 11.6 Å². The quantitative estimate of drug-likeness (QED) is 0.372. The molecule has 0 unspecified atom stereocenters. The molecular formula is C23H18FN3O2S. The molecule has 0 saturated heterocycles. The maximum atomic E-state index is 14.0. The molecule has 0 amide bonds. The zero-order valence-electron chi connectivity index (χ0n) is 16.3. The number of pyridine rings is 1. The average Bonchev–Trinajstić information content (AvgIpc) is 3.17. The van der Waals surface area contributed by atoms with Crippen LogP contribution in [-0.4, -0.2) is 17.1 Å². The molecule has 0 spiro atoms. The molecule has 1 atom stereocenters. The molecule has 5 aromatic rings. The normalized spacial score (nSPS) is 12.5. The van der Waals surface area contributed by atoms with Crippen LogP contribution < -0.4 is 15.6 Å². The fraction of sp³-hybridized carbons (Fsp3) is 0.130. The summed E-state index contributed by atoms with van der Waals surface area (Å²) in [5.41, 5.74) is 1.59. The van der Waals surface area contributed by atoms with Crippen LogP contribution in [0.3, 0.4) is 0 Å². The Balaban J connectivity index is 1.69. The third kappa shape index (κ3) is 2.98. The summed E-state index contributed by atoms with van der Waals surface area (Å²) in [4.78, 5) is 20.1. The SMILES string of the molecule is COc1cccc([C@@H](C)Nc2nc3c4ccc(F)cc4c4c(=O)[nH]ccc4c3s2)c1. The maximum absolute atomic E-state index is 14.0. The van der Waals surface area contributed by atoms with Crippen LogP contribution in [0, 0.1) is 5.82 Å². The van der Waals surface area contributed by atoms with E-state index in [-0.39, 0.29) is 17.4 Å². The van der Waals surface area contributed by atoms with Crippen molar-refractivity contribution in [2.75, 3.05) is 12.4 Å². The summed E-state index contributed by atoms with van der Waals surface area (Å²) in [5.74, 6) is 0.412. The van der Waals surface area contributed by atoms with Gasteiger partial charge in [-0.05, 0) is 48.9 Å². The fourth-order valence-electron chi connectivity index (χ4n) is 3.79. The molecule has 0 saturated carbocycles. The van der Waals surface area contributed by atoms with Crippen LogP contribution in [-0.2, 0) is 0 Å². The first-order valence-corrected chi connectivity index (χ1v) is 10.3. The molecule has 0 radical (unpaired) electrons. The number of anilines is 1. The topological polar surface area (TPSA) is 67.0 Å². The van der Waals surface area contributed by atoms with Crippen molar-refractivity contribution in [3.63, 3.8) is 0 Å². The lowest BCUT2D eigenvalue weighted by atomic mass is 10.0. The van der Waals surface area contributed by atoms with E-state index in [1.54, 1.807) is 19.4 Å². The second kappa shape index (κ2) is 7.11. The summed E-state index contributed by atoms with van der Waals surface area (Å²) >= 11 is 1.49. The lowest BCUT2D eigenvalue weighted by Crippen LogP contribution is -2.06. The molecule has 0 bridgehead atoms. The number of rotatable bonds is 4. The highest BCUT2D eigenvalue weighted by Crippen LogP contribution is 2.39. The van der Waals surface area contributed by atoms with E-state index in [9.17, 15) is 9.18 Å². The van der Waals surface area contributed by atoms with E-state index in [0.717, 1.165) is 37.4 Å². The number of ether oxygens (including phenoxy) is 1. The minimum absolute atomic E-state index is 0.000891. The van der Waals surface area contributed by atoms with E-state index >= 15 is 0 Å². The number of benzene rings is 3. The number of methoxy groups -OCH3 is 1. The molecule has 0 aliphatic carbocycles. The Kier molecular flexibility index (Phi) is 4.40. The molecule has 2 N–H and O–H groups in total. The van der Waals surface area contributed by atoms with E-state index in [2.05, 4.69) is 17.2 Å². The van der Waals surface area contributed by atoms with Gasteiger partial charge in [-0.3, -0.25) is 4.79 Å². The first-order chi connectivity index (χ1) is 14.5. The molecule has 0 aliphatic heterocycles. The third-order valence-corrected chi connectivity index (χ3v) is 6.29. The van der Waals surface area contributed by atoms with Crippen molar-refractivity contribution in [1.29, 1.82) is 0 Å². The minimum Gasteiger partial charge on any atom is -0.497 e. The predicted molar refractivity (Wildman–Crippen MR) is 120 cm³/mol. The number of hydrogen-bond donors (Lipinski definition) is 2. The van der Waals surface area contributed by atoms with E-state index in [4.69, 9.17) is 9.72 Å². The summed E-state index contributed by atoms with van der Waals surface area (Å²) in [6.07, 6.45) is 1.61. The van der Waals surface area contributed by atoms with Gasteiger partial charge in [0.05, 0.1) is 28.8 Å². The second-order valence-electron chi connectivity index (χ2n) is 7.12. The highest BCUT2D eigenvalue weighted by molar-refractivity contribution is 7.23. The highest BCUT2D eigenvalue weighted by Gasteiger charge is 2.17. The van der Waals surface area contributed by atoms with Crippen molar-refractivity contribution in [2.24, 2.45) is 0 Å². The molecule has 3 aromatic carbocycles. The van der Waals surface area contributed by atoms with Crippen molar-refractivity contribution in [1.82, 2.24) is 9.97 Å². The third-order valence-electron chi connectivity index (χ3n) is 5.27. The number of fused-ring (bicyclic) bond motifs is 6. The van der Waals surface area contributed by atoms with Crippen molar-refractivity contribution >= 4 is 48.2 Å². The summed E-state index contributed by atoms with van der Waals surface area (Å²) in [6.45, 7) is 2.05. The largest absolute Gasteiger partial charge is 0.497 e. The molecular weight excluding hydrogens is 401 g/mol. The van der Waals surface area contributed by atoms with Gasteiger partial charge in [0.25, 0.3) is 5.56 Å². The summed E-state index contributed by atoms with van der Waals surface area (Å²) in [6, 6.07) is 14.2. The molecule has 5 nitrogen and oxygen atoms in total. The minimum atomic E-state index is -0.383. The van der Waals surface area contributed by atoms with E-state index < -0.39 is 0 Å². The second-order valence-corrected chi connectivity index (χ2v) is 8.12. The zero-order chi connectivity index (χ0) is 20.8. The van der Waals surface area contributed by atoms with Crippen LogP contribution in [0.1, 0.15) is 18.5 Å². The Morgan fingerprint density at radius 1 is 1.13 bits per heavy atom. The van der Waals surface area contributed by atoms with Crippen LogP contribution in [0.5, 0.6) is 5.75 Å². The smallest absolute Gasteiger partial charge is 0.256 e. The van der Waals surface area contributed by atoms with Crippen LogP contribution in [0.15, 0.2) is 59.5 Å². The molecule has 2 heterocycles. The van der Waals surface area contributed by atoms with E-state index in [1.165, 1.54) is 23.5 Å². The lowest BCUT2D eigenvalue weighted by Gasteiger charge is -2.14. The summed E-state index contributed by atoms with van der Waals surface area (Å²) in [7, 11) is 1.64. The Bertz CT molecular complexity index is 1470. The Labute approximate surface area is 175 Å². The summed E-state index contributed by atoms with van der Waals surface area (Å²) in [5, 5.41) is 6.76. The van der Waals surface area contributed by atoms with Crippen LogP contribution >= 0.6 is 11.3 Å². The molecule has 5 rings (SSSR count). The first kappa shape index (κ1) is 18.6. The molecule has 7 heteroatoms. The molecule has 2 aromatic heterocycles. The van der Waals surface area contributed by atoms with Gasteiger partial charge in [-0.15, -0.1) is 0 Å². The van der Waals surface area contributed by atoms with Crippen LogP contribution in [0.25, 0.3) is 31.8 Å². The zero-order valence-corrected chi connectivity index (χ0v) is 17.1. The number of nitrogens with one attached hydrogen (secondary N) is 2. The van der Waals surface area contributed by atoms with Gasteiger partial charge in [-0.1, -0.05) is 23.5 Å². The monoisotopic (exact) mass is 419 g/mol. The Morgan fingerprint density at radius 2 is 2.00 bits per heavy atom. The van der Waals surface area contributed by atoms with Gasteiger partial charge in [-0.25, -0.2) is 9.37 Å². The number of aromatic nitrogens is 2. The number of nitrogens with zero attached hydrogens (tertiary/aromatic N) is 1. The highest BCUT2D eigenvalue weighted by atomic mass is 32.1. The fourth-order valence-corrected chi connectivity index (χ4v) is 4.89. The molecule has 0 fully saturated rings. The van der Waals surface area contributed by atoms with Gasteiger partial charge in [0.15, 0.2) is 5.13 Å². The van der Waals surface area contributed by atoms with Gasteiger partial charge >= 0.3 is 0 Å². The molecule has 0 aliphatic rings. The molecule has 150 valence electrons. The van der Waals surface area contributed by atoms with Gasteiger partial charge in [-0.2, -0.15) is 0 Å². The number of halogens is 1. The molecule has 30 heavy (non-hydrogen) atoms. The van der Waals surface area contributed by atoms with Gasteiger partial charge in [0, 0.05) is 22.4 Å². The van der Waals surface area contributed by atoms with Crippen molar-refractivity contribution < 1.29 is 9.13 Å². The van der Waals surface area contributed by atoms with E-state index in [0.29, 0.717) is 10.8 Å². The van der Waals surface area contributed by atoms with Crippen molar-refractivity contribution in [2.45, 2.75) is 13.0 Å². The number of H-pyrrole nitrogens is 1. The van der Waals surface area contributed by atoms with Crippen LogP contribution in [0.4, 0.5) is 9.52 Å².